The second kappa shape index (κ2) is 8.97. The zero-order valence-corrected chi connectivity index (χ0v) is 17.8. The van der Waals surface area contributed by atoms with E-state index in [1.165, 1.54) is 42.5 Å². The van der Waals surface area contributed by atoms with Gasteiger partial charge in [0.2, 0.25) is 0 Å². The third-order valence-electron chi connectivity index (χ3n) is 4.74. The van der Waals surface area contributed by atoms with Gasteiger partial charge in [-0.2, -0.15) is 0 Å². The summed E-state index contributed by atoms with van der Waals surface area (Å²) in [6.45, 7) is 2.43. The van der Waals surface area contributed by atoms with Crippen LogP contribution < -0.4 is 4.72 Å². The Morgan fingerprint density at radius 2 is 1.71 bits per heavy atom. The number of amides is 1. The van der Waals surface area contributed by atoms with Crippen molar-refractivity contribution in [2.75, 3.05) is 11.8 Å². The molecule has 0 radical (unpaired) electrons. The fourth-order valence-corrected chi connectivity index (χ4v) is 4.09. The van der Waals surface area contributed by atoms with Crippen LogP contribution in [0.1, 0.15) is 21.5 Å². The lowest BCUT2D eigenvalue weighted by Crippen LogP contribution is -2.26. The van der Waals surface area contributed by atoms with E-state index < -0.39 is 14.9 Å². The normalized spacial score (nSPS) is 11.0. The van der Waals surface area contributed by atoms with Crippen LogP contribution in [0.5, 0.6) is 0 Å². The third kappa shape index (κ3) is 5.26. The van der Waals surface area contributed by atoms with Crippen LogP contribution in [-0.2, 0) is 16.6 Å². The van der Waals surface area contributed by atoms with Crippen molar-refractivity contribution < 1.29 is 18.1 Å². The molecule has 0 aliphatic heterocycles. The summed E-state index contributed by atoms with van der Waals surface area (Å²) in [7, 11) is -2.31. The molecule has 0 bridgehead atoms. The summed E-state index contributed by atoms with van der Waals surface area (Å²) in [5.41, 5.74) is 2.47. The predicted molar refractivity (Wildman–Crippen MR) is 117 cm³/mol. The van der Waals surface area contributed by atoms with Crippen molar-refractivity contribution >= 4 is 27.3 Å². The molecule has 0 aliphatic rings. The van der Waals surface area contributed by atoms with E-state index >= 15 is 0 Å². The van der Waals surface area contributed by atoms with E-state index in [4.69, 9.17) is 0 Å². The number of carbonyl (C=O) groups excluding carboxylic acids is 1. The quantitative estimate of drug-likeness (QED) is 0.442. The van der Waals surface area contributed by atoms with Gasteiger partial charge in [0.15, 0.2) is 0 Å². The maximum Gasteiger partial charge on any atom is 0.270 e. The number of benzene rings is 3. The molecule has 0 spiro atoms. The monoisotopic (exact) mass is 439 g/mol. The molecule has 31 heavy (non-hydrogen) atoms. The van der Waals surface area contributed by atoms with Crippen molar-refractivity contribution in [3.8, 4) is 0 Å². The molecule has 3 aromatic carbocycles. The molecule has 0 saturated carbocycles. The molecular formula is C22H21N3O5S. The molecule has 0 saturated heterocycles. The van der Waals surface area contributed by atoms with E-state index in [0.717, 1.165) is 17.2 Å². The minimum Gasteiger partial charge on any atom is -0.337 e. The first-order chi connectivity index (χ1) is 14.7. The number of anilines is 1. The summed E-state index contributed by atoms with van der Waals surface area (Å²) in [5, 5.41) is 10.9. The minimum atomic E-state index is -4.01. The van der Waals surface area contributed by atoms with Crippen LogP contribution >= 0.6 is 0 Å². The standard InChI is InChI=1S/C22H21N3O5S/c1-16-6-3-4-7-18(16)15-24(2)22(26)17-10-12-19(13-11-17)23-31(29,30)21-9-5-8-20(14-21)25(27)28/h3-14,23H,15H2,1-2H3. The van der Waals surface area contributed by atoms with Gasteiger partial charge >= 0.3 is 0 Å². The first-order valence-electron chi connectivity index (χ1n) is 9.35. The molecule has 0 atom stereocenters. The maximum absolute atomic E-state index is 12.7. The highest BCUT2D eigenvalue weighted by atomic mass is 32.2. The van der Waals surface area contributed by atoms with Gasteiger partial charge in [-0.15, -0.1) is 0 Å². The van der Waals surface area contributed by atoms with E-state index in [1.807, 2.05) is 31.2 Å². The molecule has 8 nitrogen and oxygen atoms in total. The summed E-state index contributed by atoms with van der Waals surface area (Å²) in [6.07, 6.45) is 0. The molecule has 0 unspecified atom stereocenters. The lowest BCUT2D eigenvalue weighted by atomic mass is 10.1. The van der Waals surface area contributed by atoms with Gasteiger partial charge in [0.1, 0.15) is 0 Å². The minimum absolute atomic E-state index is 0.198. The van der Waals surface area contributed by atoms with Crippen LogP contribution in [0.25, 0.3) is 0 Å². The number of nitrogens with one attached hydrogen (secondary N) is 1. The van der Waals surface area contributed by atoms with E-state index in [0.29, 0.717) is 12.1 Å². The maximum atomic E-state index is 12.7. The van der Waals surface area contributed by atoms with Gasteiger partial charge in [-0.25, -0.2) is 8.42 Å². The van der Waals surface area contributed by atoms with E-state index in [2.05, 4.69) is 4.72 Å². The van der Waals surface area contributed by atoms with Crippen LogP contribution in [0.15, 0.2) is 77.7 Å². The number of nitro groups is 1. The van der Waals surface area contributed by atoms with E-state index in [-0.39, 0.29) is 22.2 Å². The topological polar surface area (TPSA) is 110 Å². The van der Waals surface area contributed by atoms with E-state index in [9.17, 15) is 23.3 Å². The Morgan fingerprint density at radius 1 is 1.03 bits per heavy atom. The molecular weight excluding hydrogens is 418 g/mol. The number of carbonyl (C=O) groups is 1. The van der Waals surface area contributed by atoms with Crippen molar-refractivity contribution in [2.45, 2.75) is 18.4 Å². The van der Waals surface area contributed by atoms with Crippen molar-refractivity contribution in [1.29, 1.82) is 0 Å². The van der Waals surface area contributed by atoms with Gasteiger partial charge < -0.3 is 4.90 Å². The molecule has 0 fully saturated rings. The molecule has 160 valence electrons. The fourth-order valence-electron chi connectivity index (χ4n) is 2.99. The second-order valence-corrected chi connectivity index (χ2v) is 8.71. The van der Waals surface area contributed by atoms with Crippen molar-refractivity contribution in [3.05, 3.63) is 99.6 Å². The number of nitro benzene ring substituents is 1. The molecule has 1 amide bonds. The van der Waals surface area contributed by atoms with Crippen molar-refractivity contribution in [1.82, 2.24) is 4.90 Å². The van der Waals surface area contributed by atoms with Gasteiger partial charge in [-0.05, 0) is 48.4 Å². The predicted octanol–water partition coefficient (Wildman–Crippen LogP) is 3.98. The SMILES string of the molecule is Cc1ccccc1CN(C)C(=O)c1ccc(NS(=O)(=O)c2cccc([N+](=O)[O-])c2)cc1. The summed E-state index contributed by atoms with van der Waals surface area (Å²) in [5.74, 6) is -0.198. The van der Waals surface area contributed by atoms with Gasteiger partial charge in [0.25, 0.3) is 21.6 Å². The molecule has 0 heterocycles. The van der Waals surface area contributed by atoms with Gasteiger partial charge in [0.05, 0.1) is 9.82 Å². The number of sulfonamides is 1. The van der Waals surface area contributed by atoms with Crippen molar-refractivity contribution in [2.24, 2.45) is 0 Å². The van der Waals surface area contributed by atoms with Crippen LogP contribution in [-0.4, -0.2) is 31.2 Å². The fraction of sp³-hybridized carbons (Fsp3) is 0.136. The highest BCUT2D eigenvalue weighted by Gasteiger charge is 2.18. The summed E-state index contributed by atoms with van der Waals surface area (Å²) in [4.78, 5) is 24.3. The Labute approximate surface area is 180 Å². The third-order valence-corrected chi connectivity index (χ3v) is 6.12. The van der Waals surface area contributed by atoms with Crippen LogP contribution in [0.3, 0.4) is 0 Å². The average molecular weight is 439 g/mol. The van der Waals surface area contributed by atoms with Gasteiger partial charge in [-0.3, -0.25) is 19.6 Å². The van der Waals surface area contributed by atoms with Gasteiger partial charge in [-0.1, -0.05) is 30.3 Å². The Kier molecular flexibility index (Phi) is 6.36. The first kappa shape index (κ1) is 22.0. The Hall–Kier alpha value is -3.72. The smallest absolute Gasteiger partial charge is 0.270 e. The van der Waals surface area contributed by atoms with Crippen LogP contribution in [0.2, 0.25) is 0 Å². The number of rotatable bonds is 7. The summed E-state index contributed by atoms with van der Waals surface area (Å²) in [6, 6.07) is 18.6. The Balaban J connectivity index is 1.72. The lowest BCUT2D eigenvalue weighted by Gasteiger charge is -2.19. The Morgan fingerprint density at radius 3 is 2.35 bits per heavy atom. The highest BCUT2D eigenvalue weighted by molar-refractivity contribution is 7.92. The molecule has 9 heteroatoms. The second-order valence-electron chi connectivity index (χ2n) is 7.03. The van der Waals surface area contributed by atoms with Crippen LogP contribution in [0.4, 0.5) is 11.4 Å². The molecule has 3 aromatic rings. The molecule has 0 aliphatic carbocycles. The molecule has 1 N–H and O–H groups in total. The summed E-state index contributed by atoms with van der Waals surface area (Å²) >= 11 is 0. The Bertz CT molecular complexity index is 1220. The largest absolute Gasteiger partial charge is 0.337 e. The summed E-state index contributed by atoms with van der Waals surface area (Å²) < 4.78 is 27.4. The zero-order chi connectivity index (χ0) is 22.6. The average Bonchev–Trinajstić information content (AvgIpc) is 2.75. The number of nitrogens with zero attached hydrogens (tertiary/aromatic N) is 2. The van der Waals surface area contributed by atoms with E-state index in [1.54, 1.807) is 11.9 Å². The molecule has 3 rings (SSSR count). The first-order valence-corrected chi connectivity index (χ1v) is 10.8. The number of hydrogen-bond acceptors (Lipinski definition) is 5. The van der Waals surface area contributed by atoms with Crippen LogP contribution in [0, 0.1) is 17.0 Å². The zero-order valence-electron chi connectivity index (χ0n) is 17.0. The number of hydrogen-bond donors (Lipinski definition) is 1. The number of aryl methyl sites for hydroxylation is 1. The molecule has 0 aromatic heterocycles. The lowest BCUT2D eigenvalue weighted by molar-refractivity contribution is -0.385. The van der Waals surface area contributed by atoms with Crippen molar-refractivity contribution in [3.63, 3.8) is 0 Å². The number of non-ortho nitro benzene ring substituents is 1. The highest BCUT2D eigenvalue weighted by Crippen LogP contribution is 2.21. The van der Waals surface area contributed by atoms with Gasteiger partial charge in [0, 0.05) is 37.0 Å².